The number of oxazole rings is 1. The molecule has 0 aliphatic heterocycles. The van der Waals surface area contributed by atoms with Gasteiger partial charge in [0.05, 0.1) is 27.0 Å². The Hall–Kier alpha value is -2.05. The van der Waals surface area contributed by atoms with Gasteiger partial charge in [0.15, 0.2) is 5.89 Å². The highest BCUT2D eigenvalue weighted by Gasteiger charge is 2.19. The van der Waals surface area contributed by atoms with Gasteiger partial charge in [-0.1, -0.05) is 23.2 Å². The van der Waals surface area contributed by atoms with Gasteiger partial charge in [0.1, 0.15) is 0 Å². The lowest BCUT2D eigenvalue weighted by Gasteiger charge is -2.09. The summed E-state index contributed by atoms with van der Waals surface area (Å²) in [6.07, 6.45) is 0. The largest absolute Gasteiger partial charge is 0.478 e. The first-order valence-electron chi connectivity index (χ1n) is 5.77. The minimum atomic E-state index is -1.17. The zero-order chi connectivity index (χ0) is 15.7. The number of halogens is 2. The van der Waals surface area contributed by atoms with Crippen LogP contribution in [0.1, 0.15) is 32.5 Å². The Morgan fingerprint density at radius 2 is 1.81 bits per heavy atom. The molecule has 0 bridgehead atoms. The van der Waals surface area contributed by atoms with Crippen molar-refractivity contribution in [2.45, 2.75) is 13.8 Å². The predicted molar refractivity (Wildman–Crippen MR) is 77.4 cm³/mol. The van der Waals surface area contributed by atoms with Crippen LogP contribution in [0.15, 0.2) is 16.5 Å². The zero-order valence-electron chi connectivity index (χ0n) is 11.0. The minimum absolute atomic E-state index is 0.0159. The smallest absolute Gasteiger partial charge is 0.335 e. The molecular formula is C13H10Cl2N2O4. The molecule has 1 aromatic carbocycles. The van der Waals surface area contributed by atoms with Crippen LogP contribution in [0.2, 0.25) is 10.0 Å². The number of rotatable bonds is 3. The number of carboxylic acids is 1. The van der Waals surface area contributed by atoms with E-state index < -0.39 is 11.9 Å². The average molecular weight is 329 g/mol. The van der Waals surface area contributed by atoms with Crippen molar-refractivity contribution in [2.75, 3.05) is 5.32 Å². The summed E-state index contributed by atoms with van der Waals surface area (Å²) < 4.78 is 5.19. The van der Waals surface area contributed by atoms with E-state index >= 15 is 0 Å². The third-order valence-electron chi connectivity index (χ3n) is 2.64. The van der Waals surface area contributed by atoms with E-state index in [1.807, 2.05) is 0 Å². The van der Waals surface area contributed by atoms with Gasteiger partial charge in [-0.2, -0.15) is 0 Å². The number of carbonyl (C=O) groups is 2. The van der Waals surface area contributed by atoms with E-state index in [1.165, 1.54) is 12.1 Å². The number of anilines is 1. The number of nitrogens with one attached hydrogen (secondary N) is 1. The molecule has 2 N–H and O–H groups in total. The van der Waals surface area contributed by atoms with Gasteiger partial charge in [0.2, 0.25) is 5.76 Å². The van der Waals surface area contributed by atoms with Gasteiger partial charge in [-0.15, -0.1) is 0 Å². The lowest BCUT2D eigenvalue weighted by molar-refractivity contribution is 0.0696. The highest BCUT2D eigenvalue weighted by atomic mass is 35.5. The number of amides is 1. The summed E-state index contributed by atoms with van der Waals surface area (Å²) in [4.78, 5) is 27.0. The molecule has 0 atom stereocenters. The topological polar surface area (TPSA) is 92.4 Å². The molecule has 6 nitrogen and oxygen atoms in total. The Morgan fingerprint density at radius 1 is 1.24 bits per heavy atom. The molecule has 0 aliphatic carbocycles. The van der Waals surface area contributed by atoms with Crippen molar-refractivity contribution >= 4 is 40.8 Å². The Morgan fingerprint density at radius 3 is 2.24 bits per heavy atom. The number of aromatic carboxylic acids is 1. The highest BCUT2D eigenvalue weighted by Crippen LogP contribution is 2.32. The van der Waals surface area contributed by atoms with E-state index in [0.717, 1.165) is 0 Å². The number of aryl methyl sites for hydroxylation is 2. The fourth-order valence-corrected chi connectivity index (χ4v) is 2.31. The molecule has 2 rings (SSSR count). The molecule has 0 fully saturated rings. The lowest BCUT2D eigenvalue weighted by Crippen LogP contribution is -2.13. The van der Waals surface area contributed by atoms with E-state index in [2.05, 4.69) is 10.3 Å². The number of carboxylic acid groups (broad SMARTS) is 1. The number of hydrogen-bond donors (Lipinski definition) is 2. The summed E-state index contributed by atoms with van der Waals surface area (Å²) in [5.41, 5.74) is 0.468. The molecule has 1 amide bonds. The third-order valence-corrected chi connectivity index (χ3v) is 3.23. The van der Waals surface area contributed by atoms with Gasteiger partial charge >= 0.3 is 5.97 Å². The summed E-state index contributed by atoms with van der Waals surface area (Å²) in [6.45, 7) is 3.24. The zero-order valence-corrected chi connectivity index (χ0v) is 12.5. The molecule has 0 radical (unpaired) electrons. The molecule has 0 unspecified atom stereocenters. The SMILES string of the molecule is Cc1nc(C)c(C(=O)Nc2c(Cl)cc(C(=O)O)cc2Cl)o1. The molecule has 8 heteroatoms. The van der Waals surface area contributed by atoms with Crippen molar-refractivity contribution in [1.29, 1.82) is 0 Å². The molecule has 0 spiro atoms. The monoisotopic (exact) mass is 328 g/mol. The number of hydrogen-bond acceptors (Lipinski definition) is 4. The van der Waals surface area contributed by atoms with E-state index in [9.17, 15) is 9.59 Å². The van der Waals surface area contributed by atoms with Crippen molar-refractivity contribution in [3.63, 3.8) is 0 Å². The molecule has 110 valence electrons. The number of carbonyl (C=O) groups excluding carboxylic acids is 1. The number of aromatic nitrogens is 1. The van der Waals surface area contributed by atoms with Crippen LogP contribution < -0.4 is 5.32 Å². The van der Waals surface area contributed by atoms with E-state index in [-0.39, 0.29) is 27.1 Å². The van der Waals surface area contributed by atoms with Gasteiger partial charge in [-0.05, 0) is 19.1 Å². The fraction of sp³-hybridized carbons (Fsp3) is 0.154. The second kappa shape index (κ2) is 5.75. The lowest BCUT2D eigenvalue weighted by atomic mass is 10.2. The number of benzene rings is 1. The first-order chi connectivity index (χ1) is 9.79. The highest BCUT2D eigenvalue weighted by molar-refractivity contribution is 6.40. The van der Waals surface area contributed by atoms with E-state index in [4.69, 9.17) is 32.7 Å². The molecule has 1 aromatic heterocycles. The van der Waals surface area contributed by atoms with Crippen molar-refractivity contribution in [3.05, 3.63) is 45.1 Å². The van der Waals surface area contributed by atoms with Crippen LogP contribution in [0, 0.1) is 13.8 Å². The van der Waals surface area contributed by atoms with Gasteiger partial charge in [-0.25, -0.2) is 9.78 Å². The minimum Gasteiger partial charge on any atom is -0.478 e. The van der Waals surface area contributed by atoms with Crippen LogP contribution in [0.3, 0.4) is 0 Å². The molecule has 0 aliphatic rings. The maximum absolute atomic E-state index is 12.1. The second-order valence-corrected chi connectivity index (χ2v) is 5.04. The Bertz CT molecular complexity index is 717. The third kappa shape index (κ3) is 3.17. The van der Waals surface area contributed by atoms with Crippen molar-refractivity contribution < 1.29 is 19.1 Å². The van der Waals surface area contributed by atoms with Crippen LogP contribution in [0.25, 0.3) is 0 Å². The maximum atomic E-state index is 12.1. The van der Waals surface area contributed by atoms with Crippen molar-refractivity contribution in [1.82, 2.24) is 4.98 Å². The molecule has 21 heavy (non-hydrogen) atoms. The Kier molecular flexibility index (Phi) is 4.20. The van der Waals surface area contributed by atoms with E-state index in [0.29, 0.717) is 11.6 Å². The summed E-state index contributed by atoms with van der Waals surface area (Å²) in [5.74, 6) is -1.34. The summed E-state index contributed by atoms with van der Waals surface area (Å²) >= 11 is 11.9. The maximum Gasteiger partial charge on any atom is 0.335 e. The Labute approximate surface area is 129 Å². The number of nitrogens with zero attached hydrogens (tertiary/aromatic N) is 1. The molecule has 0 saturated carbocycles. The van der Waals surface area contributed by atoms with Gasteiger partial charge in [0.25, 0.3) is 5.91 Å². The first-order valence-corrected chi connectivity index (χ1v) is 6.53. The normalized spacial score (nSPS) is 10.5. The fourth-order valence-electron chi connectivity index (χ4n) is 1.73. The molecule has 2 aromatic rings. The van der Waals surface area contributed by atoms with Crippen LogP contribution in [-0.2, 0) is 0 Å². The summed E-state index contributed by atoms with van der Waals surface area (Å²) in [5, 5.41) is 11.4. The average Bonchev–Trinajstić information content (AvgIpc) is 2.72. The quantitative estimate of drug-likeness (QED) is 0.898. The first kappa shape index (κ1) is 15.3. The van der Waals surface area contributed by atoms with Crippen LogP contribution >= 0.6 is 23.2 Å². The van der Waals surface area contributed by atoms with Gasteiger partial charge in [0, 0.05) is 6.92 Å². The second-order valence-electron chi connectivity index (χ2n) is 4.22. The predicted octanol–water partition coefficient (Wildman–Crippen LogP) is 3.55. The summed E-state index contributed by atoms with van der Waals surface area (Å²) in [7, 11) is 0. The van der Waals surface area contributed by atoms with Gasteiger partial charge in [-0.3, -0.25) is 4.79 Å². The van der Waals surface area contributed by atoms with Crippen LogP contribution in [0.4, 0.5) is 5.69 Å². The molecule has 1 heterocycles. The van der Waals surface area contributed by atoms with Gasteiger partial charge < -0.3 is 14.8 Å². The molecule has 0 saturated heterocycles. The van der Waals surface area contributed by atoms with Crippen molar-refractivity contribution in [3.8, 4) is 0 Å². The van der Waals surface area contributed by atoms with Crippen LogP contribution in [-0.4, -0.2) is 22.0 Å². The standard InChI is InChI=1S/C13H10Cl2N2O4/c1-5-11(21-6(2)16-5)12(18)17-10-8(14)3-7(13(19)20)4-9(10)15/h3-4H,1-2H3,(H,17,18)(H,19,20). The molecular weight excluding hydrogens is 319 g/mol. The van der Waals surface area contributed by atoms with Crippen molar-refractivity contribution in [2.24, 2.45) is 0 Å². The van der Waals surface area contributed by atoms with E-state index in [1.54, 1.807) is 13.8 Å². The Balaban J connectivity index is 2.34. The van der Waals surface area contributed by atoms with Crippen LogP contribution in [0.5, 0.6) is 0 Å². The summed E-state index contributed by atoms with van der Waals surface area (Å²) in [6, 6.07) is 2.40.